The Morgan fingerprint density at radius 1 is 1.23 bits per heavy atom. The van der Waals surface area contributed by atoms with Crippen LogP contribution in [0.4, 0.5) is 0 Å². The molecule has 0 aromatic carbocycles. The fourth-order valence-electron chi connectivity index (χ4n) is 1.66. The summed E-state index contributed by atoms with van der Waals surface area (Å²) in [5.41, 5.74) is 1.58. The Morgan fingerprint density at radius 3 is 2.54 bits per heavy atom. The summed E-state index contributed by atoms with van der Waals surface area (Å²) in [5, 5.41) is 0. The largest absolute Gasteiger partial charge is 4.00 e. The van der Waals surface area contributed by atoms with Crippen LogP contribution in [0.2, 0.25) is 0 Å². The number of allylic oxidation sites excluding steroid dienone is 4. The van der Waals surface area contributed by atoms with E-state index in [1.807, 2.05) is 0 Å². The second-order valence-electron chi connectivity index (χ2n) is 2.81. The zero-order valence-corrected chi connectivity index (χ0v) is 11.0. The van der Waals surface area contributed by atoms with Crippen molar-refractivity contribution in [2.24, 2.45) is 5.92 Å². The molecule has 0 radical (unpaired) electrons. The normalized spacial score (nSPS) is 21.5. The minimum Gasteiger partial charge on any atom is -1.00 e. The van der Waals surface area contributed by atoms with Crippen LogP contribution in [0.1, 0.15) is 19.3 Å². The summed E-state index contributed by atoms with van der Waals surface area (Å²) in [6.45, 7) is 0. The van der Waals surface area contributed by atoms with E-state index >= 15 is 0 Å². The summed E-state index contributed by atoms with van der Waals surface area (Å²) in [6, 6.07) is 0. The first kappa shape index (κ1) is 19.5. The van der Waals surface area contributed by atoms with Crippen LogP contribution >= 0.6 is 0 Å². The van der Waals surface area contributed by atoms with E-state index in [1.54, 1.807) is 5.57 Å². The molecule has 0 spiro atoms. The van der Waals surface area contributed by atoms with E-state index in [2.05, 4.69) is 24.6 Å². The smallest absolute Gasteiger partial charge is 1.00 e. The molecule has 0 heterocycles. The van der Waals surface area contributed by atoms with E-state index in [0.717, 1.165) is 5.92 Å². The van der Waals surface area contributed by atoms with Crippen molar-refractivity contribution in [3.8, 4) is 0 Å². The number of rotatable bonds is 0. The van der Waals surface area contributed by atoms with Gasteiger partial charge in [0.2, 0.25) is 0 Å². The van der Waals surface area contributed by atoms with Crippen molar-refractivity contribution >= 4 is 0 Å². The fraction of sp³-hybridized carbons (Fsp3) is 0.444. The van der Waals surface area contributed by atoms with Gasteiger partial charge in [0.15, 0.2) is 0 Å². The Bertz CT molecular complexity index is 178. The Hall–Kier alpha value is 0.934. The Balaban J connectivity index is -0.000000250. The van der Waals surface area contributed by atoms with E-state index in [4.69, 9.17) is 0 Å². The third-order valence-corrected chi connectivity index (χ3v) is 2.21. The molecule has 1 saturated carbocycles. The minimum atomic E-state index is 0. The summed E-state index contributed by atoms with van der Waals surface area (Å²) in [7, 11) is 0. The number of fused-ring (bicyclic) bond motifs is 1. The van der Waals surface area contributed by atoms with Crippen LogP contribution in [0.5, 0.6) is 0 Å². The molecule has 0 aromatic heterocycles. The van der Waals surface area contributed by atoms with E-state index in [1.165, 1.54) is 19.3 Å². The van der Waals surface area contributed by atoms with Gasteiger partial charge in [0.05, 0.1) is 0 Å². The van der Waals surface area contributed by atoms with Gasteiger partial charge in [-0.25, -0.2) is 18.1 Å². The molecule has 1 atom stereocenters. The maximum atomic E-state index is 2.37. The first-order valence-corrected chi connectivity index (χ1v) is 3.67. The van der Waals surface area contributed by atoms with Crippen molar-refractivity contribution in [3.63, 3.8) is 0 Å². The monoisotopic (exact) mass is 272 g/mol. The van der Waals surface area contributed by atoms with Crippen LogP contribution in [0.3, 0.4) is 0 Å². The molecule has 1 unspecified atom stereocenters. The van der Waals surface area contributed by atoms with Crippen molar-refractivity contribution in [2.45, 2.75) is 19.3 Å². The van der Waals surface area contributed by atoms with Gasteiger partial charge >= 0.3 is 21.7 Å². The minimum absolute atomic E-state index is 0. The molecule has 2 rings (SSSR count). The molecule has 0 bridgehead atoms. The van der Waals surface area contributed by atoms with Gasteiger partial charge in [0.25, 0.3) is 0 Å². The van der Waals surface area contributed by atoms with Gasteiger partial charge in [-0.2, -0.15) is 0 Å². The molecular formula is C9H11Cl3Ti. The molecule has 1 fully saturated rings. The molecule has 0 N–H and O–H groups in total. The van der Waals surface area contributed by atoms with E-state index < -0.39 is 0 Å². The zero-order chi connectivity index (χ0) is 6.10. The second-order valence-corrected chi connectivity index (χ2v) is 2.81. The maximum Gasteiger partial charge on any atom is 4.00 e. The van der Waals surface area contributed by atoms with E-state index in [0.29, 0.717) is 0 Å². The van der Waals surface area contributed by atoms with Crippen LogP contribution in [-0.4, -0.2) is 0 Å². The van der Waals surface area contributed by atoms with Crippen molar-refractivity contribution < 1.29 is 58.9 Å². The average Bonchev–Trinajstić information content (AvgIpc) is 2.33. The maximum absolute atomic E-state index is 2.37. The quantitative estimate of drug-likeness (QED) is 0.304. The molecule has 13 heavy (non-hydrogen) atoms. The molecule has 2 aliphatic rings. The molecule has 0 saturated heterocycles. The number of halogens is 3. The van der Waals surface area contributed by atoms with Crippen LogP contribution in [0.15, 0.2) is 23.8 Å². The van der Waals surface area contributed by atoms with Crippen LogP contribution < -0.4 is 37.2 Å². The first-order chi connectivity index (χ1) is 4.47. The topological polar surface area (TPSA) is 0 Å². The predicted octanol–water partition coefficient (Wildman–Crippen LogP) is -6.50. The Kier molecular flexibility index (Phi) is 14.2. The van der Waals surface area contributed by atoms with Gasteiger partial charge < -0.3 is 37.2 Å². The van der Waals surface area contributed by atoms with Gasteiger partial charge in [-0.1, -0.05) is 6.42 Å². The molecule has 0 nitrogen and oxygen atoms in total. The predicted molar refractivity (Wildman–Crippen MR) is 38.9 cm³/mol. The standard InChI is InChI=1S/C9H11.3ClH.Ti/c1-2-5-9-7-3-6-8(9)4-1;;;;/h1-2,4,6,9H,3,5,7H2;3*1H;/q-1;;;;+4/p-3. The molecule has 0 aromatic rings. The molecular weight excluding hydrogens is 262 g/mol. The molecule has 4 heteroatoms. The van der Waals surface area contributed by atoms with Gasteiger partial charge in [-0.3, -0.25) is 0 Å². The number of hydrogen-bond acceptors (Lipinski definition) is 0. The van der Waals surface area contributed by atoms with Crippen LogP contribution in [-0.2, 0) is 21.7 Å². The average molecular weight is 273 g/mol. The van der Waals surface area contributed by atoms with Crippen molar-refractivity contribution in [1.82, 2.24) is 0 Å². The van der Waals surface area contributed by atoms with Crippen molar-refractivity contribution in [2.75, 3.05) is 0 Å². The Labute approximate surface area is 114 Å². The molecule has 72 valence electrons. The molecule has 0 aliphatic heterocycles. The van der Waals surface area contributed by atoms with Gasteiger partial charge in [-0.15, -0.1) is 18.6 Å². The second kappa shape index (κ2) is 9.49. The summed E-state index contributed by atoms with van der Waals surface area (Å²) in [6.07, 6.45) is 13.0. The Morgan fingerprint density at radius 2 is 1.92 bits per heavy atom. The summed E-state index contributed by atoms with van der Waals surface area (Å²) in [5.74, 6) is 0.884. The summed E-state index contributed by atoms with van der Waals surface area (Å²) >= 11 is 0. The summed E-state index contributed by atoms with van der Waals surface area (Å²) in [4.78, 5) is 0. The third-order valence-electron chi connectivity index (χ3n) is 2.21. The van der Waals surface area contributed by atoms with Gasteiger partial charge in [-0.05, 0) is 12.3 Å². The first-order valence-electron chi connectivity index (χ1n) is 3.67. The molecule has 0 amide bonds. The number of hydrogen-bond donors (Lipinski definition) is 0. The summed E-state index contributed by atoms with van der Waals surface area (Å²) < 4.78 is 0. The van der Waals surface area contributed by atoms with Crippen LogP contribution in [0.25, 0.3) is 0 Å². The third kappa shape index (κ3) is 4.81. The van der Waals surface area contributed by atoms with Gasteiger partial charge in [0, 0.05) is 0 Å². The zero-order valence-electron chi connectivity index (χ0n) is 7.14. The molecule has 2 aliphatic carbocycles. The fourth-order valence-corrected chi connectivity index (χ4v) is 1.66. The van der Waals surface area contributed by atoms with Crippen LogP contribution in [0, 0.1) is 12.3 Å². The van der Waals surface area contributed by atoms with E-state index in [-0.39, 0.29) is 58.9 Å². The van der Waals surface area contributed by atoms with Crippen molar-refractivity contribution in [3.05, 3.63) is 30.2 Å². The van der Waals surface area contributed by atoms with E-state index in [9.17, 15) is 0 Å². The van der Waals surface area contributed by atoms with Gasteiger partial charge in [0.1, 0.15) is 0 Å². The SMILES string of the molecule is C1=CCC2CC[CH-]C2=C1.[Cl-].[Cl-].[Cl-].[Ti+4]. The van der Waals surface area contributed by atoms with Crippen molar-refractivity contribution in [1.29, 1.82) is 0 Å².